The van der Waals surface area contributed by atoms with E-state index in [-0.39, 0.29) is 21.3 Å². The summed E-state index contributed by atoms with van der Waals surface area (Å²) >= 11 is 0. The highest BCUT2D eigenvalue weighted by molar-refractivity contribution is 7.96. The fraction of sp³-hybridized carbons (Fsp3) is 0.333. The Morgan fingerprint density at radius 1 is 0.920 bits per heavy atom. The lowest BCUT2D eigenvalue weighted by atomic mass is 9.92. The molecule has 130 valence electrons. The second kappa shape index (κ2) is 4.70. The molecule has 3 aliphatic rings. The zero-order valence-electron chi connectivity index (χ0n) is 12.9. The third-order valence-corrected chi connectivity index (χ3v) is 8.73. The number of dihydropyridines is 1. The van der Waals surface area contributed by atoms with Gasteiger partial charge in [-0.3, -0.25) is 0 Å². The summed E-state index contributed by atoms with van der Waals surface area (Å²) in [5.41, 5.74) is 2.79. The predicted octanol–water partition coefficient (Wildman–Crippen LogP) is 0.970. The van der Waals surface area contributed by atoms with E-state index < -0.39 is 25.6 Å². The first-order valence-electron chi connectivity index (χ1n) is 7.78. The number of hydrogen-bond donors (Lipinski definition) is 1. The molecule has 4 heterocycles. The number of benzene rings is 1. The van der Waals surface area contributed by atoms with Crippen LogP contribution in [0.15, 0.2) is 44.0 Å². The molecule has 0 unspecified atom stereocenters. The van der Waals surface area contributed by atoms with Gasteiger partial charge in [0.2, 0.25) is 0 Å². The second-order valence-electron chi connectivity index (χ2n) is 6.39. The first-order valence-corrected chi connectivity index (χ1v) is 11.1. The Hall–Kier alpha value is -2.20. The zero-order valence-corrected chi connectivity index (χ0v) is 14.5. The molecule has 0 radical (unpaired) electrons. The number of aromatic nitrogens is 2. The SMILES string of the molecule is O=S1(=O)CCC2=C1C(c1ccc3nonc3c1)C1=C(CCS1(=O)=O)N2. The molecule has 0 saturated heterocycles. The van der Waals surface area contributed by atoms with Gasteiger partial charge in [0, 0.05) is 24.2 Å². The average Bonchev–Trinajstić information content (AvgIpc) is 3.23. The molecular formula is C15H13N3O5S2. The molecule has 2 aromatic rings. The van der Waals surface area contributed by atoms with Crippen LogP contribution in [0.25, 0.3) is 11.0 Å². The Bertz CT molecular complexity index is 1150. The van der Waals surface area contributed by atoms with E-state index in [0.29, 0.717) is 40.8 Å². The molecule has 0 saturated carbocycles. The van der Waals surface area contributed by atoms with Gasteiger partial charge in [0.15, 0.2) is 19.7 Å². The molecular weight excluding hydrogens is 366 g/mol. The van der Waals surface area contributed by atoms with Crippen LogP contribution in [0, 0.1) is 0 Å². The monoisotopic (exact) mass is 379 g/mol. The normalized spacial score (nSPS) is 24.5. The Morgan fingerprint density at radius 3 is 2.16 bits per heavy atom. The molecule has 1 N–H and O–H groups in total. The number of rotatable bonds is 1. The Balaban J connectivity index is 1.80. The molecule has 0 fully saturated rings. The lowest BCUT2D eigenvalue weighted by Gasteiger charge is -2.27. The number of sulfone groups is 2. The number of hydrogen-bond acceptors (Lipinski definition) is 8. The van der Waals surface area contributed by atoms with Crippen LogP contribution < -0.4 is 5.32 Å². The Morgan fingerprint density at radius 2 is 1.52 bits per heavy atom. The quantitative estimate of drug-likeness (QED) is 0.778. The summed E-state index contributed by atoms with van der Waals surface area (Å²) in [7, 11) is -7.03. The summed E-state index contributed by atoms with van der Waals surface area (Å²) in [6, 6.07) is 5.00. The van der Waals surface area contributed by atoms with Gasteiger partial charge in [-0.25, -0.2) is 21.5 Å². The molecule has 0 bridgehead atoms. The van der Waals surface area contributed by atoms with Gasteiger partial charge < -0.3 is 5.32 Å². The van der Waals surface area contributed by atoms with Crippen molar-refractivity contribution in [2.45, 2.75) is 18.8 Å². The van der Waals surface area contributed by atoms with Crippen molar-refractivity contribution in [2.24, 2.45) is 0 Å². The summed E-state index contributed by atoms with van der Waals surface area (Å²) in [5.74, 6) is -0.835. The molecule has 1 aromatic heterocycles. The standard InChI is InChI=1S/C15H13N3O5S2/c19-24(20)5-3-10-14(24)13(15-11(16-10)4-6-25(15,21)22)8-1-2-9-12(7-8)18-23-17-9/h1-2,7,13,16H,3-6H2. The smallest absolute Gasteiger partial charge is 0.177 e. The maximum Gasteiger partial charge on any atom is 0.177 e. The highest BCUT2D eigenvalue weighted by Crippen LogP contribution is 2.49. The minimum absolute atomic E-state index is 0.00443. The summed E-state index contributed by atoms with van der Waals surface area (Å²) in [4.78, 5) is 0.347. The van der Waals surface area contributed by atoms with Gasteiger partial charge >= 0.3 is 0 Å². The van der Waals surface area contributed by atoms with Gasteiger partial charge in [0.1, 0.15) is 11.0 Å². The first kappa shape index (κ1) is 15.1. The number of nitrogens with one attached hydrogen (secondary N) is 1. The molecule has 0 atom stereocenters. The topological polar surface area (TPSA) is 119 Å². The Labute approximate surface area is 143 Å². The van der Waals surface area contributed by atoms with Crippen molar-refractivity contribution >= 4 is 30.7 Å². The van der Waals surface area contributed by atoms with E-state index in [1.807, 2.05) is 0 Å². The van der Waals surface area contributed by atoms with E-state index in [1.165, 1.54) is 0 Å². The number of allylic oxidation sites excluding steroid dienone is 4. The van der Waals surface area contributed by atoms with Crippen molar-refractivity contribution in [2.75, 3.05) is 11.5 Å². The maximum atomic E-state index is 12.6. The van der Waals surface area contributed by atoms with E-state index in [2.05, 4.69) is 20.3 Å². The van der Waals surface area contributed by atoms with Crippen LogP contribution >= 0.6 is 0 Å². The van der Waals surface area contributed by atoms with Crippen LogP contribution in [0.3, 0.4) is 0 Å². The highest BCUT2D eigenvalue weighted by Gasteiger charge is 2.47. The fourth-order valence-corrected chi connectivity index (χ4v) is 7.60. The highest BCUT2D eigenvalue weighted by atomic mass is 32.2. The van der Waals surface area contributed by atoms with Crippen molar-refractivity contribution < 1.29 is 21.5 Å². The van der Waals surface area contributed by atoms with Gasteiger partial charge in [0.25, 0.3) is 0 Å². The lowest BCUT2D eigenvalue weighted by molar-refractivity contribution is 0.315. The third-order valence-electron chi connectivity index (χ3n) is 4.94. The van der Waals surface area contributed by atoms with Crippen LogP contribution in [0.1, 0.15) is 24.3 Å². The van der Waals surface area contributed by atoms with Crippen molar-refractivity contribution in [1.82, 2.24) is 15.6 Å². The third kappa shape index (κ3) is 2.04. The Kier molecular flexibility index (Phi) is 2.84. The number of fused-ring (bicyclic) bond motifs is 1. The molecule has 10 heteroatoms. The van der Waals surface area contributed by atoms with Gasteiger partial charge in [-0.2, -0.15) is 0 Å². The molecule has 8 nitrogen and oxygen atoms in total. The molecule has 0 aliphatic carbocycles. The first-order chi connectivity index (χ1) is 11.9. The van der Waals surface area contributed by atoms with Gasteiger partial charge in [-0.05, 0) is 28.0 Å². The minimum Gasteiger partial charge on any atom is -0.361 e. The van der Waals surface area contributed by atoms with Crippen LogP contribution in [0.5, 0.6) is 0 Å². The van der Waals surface area contributed by atoms with E-state index in [0.717, 1.165) is 0 Å². The summed E-state index contributed by atoms with van der Waals surface area (Å²) in [6.45, 7) is 0. The summed E-state index contributed by atoms with van der Waals surface area (Å²) in [5, 5.41) is 10.6. The largest absolute Gasteiger partial charge is 0.361 e. The van der Waals surface area contributed by atoms with E-state index in [4.69, 9.17) is 0 Å². The van der Waals surface area contributed by atoms with Crippen LogP contribution in [0.2, 0.25) is 0 Å². The van der Waals surface area contributed by atoms with E-state index in [1.54, 1.807) is 18.2 Å². The predicted molar refractivity (Wildman–Crippen MR) is 88.5 cm³/mol. The van der Waals surface area contributed by atoms with E-state index in [9.17, 15) is 16.8 Å². The summed E-state index contributed by atoms with van der Waals surface area (Å²) < 4.78 is 55.2. The molecule has 5 rings (SSSR count). The van der Waals surface area contributed by atoms with Crippen molar-refractivity contribution in [3.63, 3.8) is 0 Å². The fourth-order valence-electron chi connectivity index (χ4n) is 3.85. The zero-order chi connectivity index (χ0) is 17.4. The van der Waals surface area contributed by atoms with Gasteiger partial charge in [-0.1, -0.05) is 6.07 Å². The van der Waals surface area contributed by atoms with Crippen molar-refractivity contribution in [3.8, 4) is 0 Å². The maximum absolute atomic E-state index is 12.6. The average molecular weight is 379 g/mol. The van der Waals surface area contributed by atoms with Crippen molar-refractivity contribution in [3.05, 3.63) is 45.0 Å². The molecule has 25 heavy (non-hydrogen) atoms. The minimum atomic E-state index is -3.51. The summed E-state index contributed by atoms with van der Waals surface area (Å²) in [6.07, 6.45) is 0.748. The molecule has 0 spiro atoms. The molecule has 1 aromatic carbocycles. The van der Waals surface area contributed by atoms with Crippen LogP contribution in [-0.2, 0) is 19.7 Å². The van der Waals surface area contributed by atoms with Crippen LogP contribution in [-0.4, -0.2) is 38.7 Å². The number of nitrogens with zero attached hydrogens (tertiary/aromatic N) is 2. The molecule has 3 aliphatic heterocycles. The molecule has 0 amide bonds. The van der Waals surface area contributed by atoms with Crippen LogP contribution in [0.4, 0.5) is 0 Å². The van der Waals surface area contributed by atoms with Gasteiger partial charge in [0.05, 0.1) is 27.2 Å². The second-order valence-corrected chi connectivity index (χ2v) is 10.5. The lowest BCUT2D eigenvalue weighted by Crippen LogP contribution is -2.26. The van der Waals surface area contributed by atoms with Crippen molar-refractivity contribution in [1.29, 1.82) is 0 Å². The van der Waals surface area contributed by atoms with E-state index >= 15 is 0 Å². The van der Waals surface area contributed by atoms with Gasteiger partial charge in [-0.15, -0.1) is 0 Å².